The predicted octanol–water partition coefficient (Wildman–Crippen LogP) is 2.20. The smallest absolute Gasteiger partial charge is 0.0684 e. The van der Waals surface area contributed by atoms with Crippen molar-refractivity contribution in [3.05, 3.63) is 40.0 Å². The Bertz CT molecular complexity index is 288. The van der Waals surface area contributed by atoms with Crippen LogP contribution in [0.4, 0.5) is 0 Å². The Hall–Kier alpha value is -1.54. The van der Waals surface area contributed by atoms with Gasteiger partial charge in [-0.1, -0.05) is 11.2 Å². The molecule has 1 aromatic rings. The van der Waals surface area contributed by atoms with Gasteiger partial charge in [0, 0.05) is 16.3 Å². The van der Waals surface area contributed by atoms with Gasteiger partial charge in [0.1, 0.15) is 0 Å². The second-order valence-electron chi connectivity index (χ2n) is 2.16. The summed E-state index contributed by atoms with van der Waals surface area (Å²) in [5.74, 6) is 0. The van der Waals surface area contributed by atoms with E-state index in [-0.39, 0.29) is 0 Å². The lowest BCUT2D eigenvalue weighted by molar-refractivity contribution is 0.957. The van der Waals surface area contributed by atoms with Gasteiger partial charge in [-0.05, 0) is 24.6 Å². The maximum Gasteiger partial charge on any atom is 0.0684 e. The Labute approximate surface area is 64.5 Å². The molecule has 1 rings (SSSR count). The molecule has 4 nitrogen and oxygen atoms in total. The molecule has 1 heterocycles. The Morgan fingerprint density at radius 3 is 3.09 bits per heavy atom. The number of hydrogen-bond donors (Lipinski definition) is 0. The van der Waals surface area contributed by atoms with Gasteiger partial charge >= 0.3 is 0 Å². The van der Waals surface area contributed by atoms with Crippen molar-refractivity contribution in [2.24, 2.45) is 5.11 Å². The molecule has 0 unspecified atom stereocenters. The molecule has 0 saturated carbocycles. The first-order valence-corrected chi connectivity index (χ1v) is 3.26. The summed E-state index contributed by atoms with van der Waals surface area (Å²) in [6, 6.07) is 5.63. The van der Waals surface area contributed by atoms with Crippen molar-refractivity contribution in [3.8, 4) is 0 Å². The zero-order valence-electron chi connectivity index (χ0n) is 6.23. The minimum absolute atomic E-state index is 0.332. The van der Waals surface area contributed by atoms with Crippen molar-refractivity contribution < 1.29 is 0 Å². The molecular weight excluding hydrogens is 140 g/mol. The molecule has 0 aliphatic carbocycles. The molecule has 0 N–H and O–H groups in total. The number of rotatable bonds is 2. The molecule has 11 heavy (non-hydrogen) atoms. The summed E-state index contributed by atoms with van der Waals surface area (Å²) in [5, 5.41) is 3.40. The number of pyridine rings is 1. The molecule has 0 bridgehead atoms. The minimum Gasteiger partial charge on any atom is -0.258 e. The SMILES string of the molecule is Cc1cccc(CN=[N+]=[N-])n1. The third kappa shape index (κ3) is 2.27. The molecule has 0 aromatic carbocycles. The van der Waals surface area contributed by atoms with Gasteiger partial charge < -0.3 is 0 Å². The van der Waals surface area contributed by atoms with Crippen LogP contribution in [-0.2, 0) is 6.54 Å². The maximum absolute atomic E-state index is 8.03. The standard InChI is InChI=1S/C7H8N4/c1-6-3-2-4-7(10-6)5-9-11-8/h2-4H,5H2,1H3. The van der Waals surface area contributed by atoms with Crippen LogP contribution in [-0.4, -0.2) is 4.98 Å². The zero-order valence-corrected chi connectivity index (χ0v) is 6.23. The van der Waals surface area contributed by atoms with Crippen LogP contribution in [0.2, 0.25) is 0 Å². The number of nitrogens with zero attached hydrogens (tertiary/aromatic N) is 4. The normalized spacial score (nSPS) is 8.82. The van der Waals surface area contributed by atoms with Crippen molar-refractivity contribution in [2.75, 3.05) is 0 Å². The van der Waals surface area contributed by atoms with Crippen molar-refractivity contribution in [1.82, 2.24) is 4.98 Å². The summed E-state index contributed by atoms with van der Waals surface area (Å²) in [6.45, 7) is 2.23. The van der Waals surface area contributed by atoms with Gasteiger partial charge in [-0.25, -0.2) is 0 Å². The first kappa shape index (κ1) is 7.57. The van der Waals surface area contributed by atoms with Crippen LogP contribution in [0, 0.1) is 6.92 Å². The highest BCUT2D eigenvalue weighted by Gasteiger charge is 1.90. The zero-order chi connectivity index (χ0) is 8.10. The average molecular weight is 148 g/mol. The molecule has 0 atom stereocenters. The molecule has 4 heteroatoms. The highest BCUT2D eigenvalue weighted by Crippen LogP contribution is 1.99. The third-order valence-corrected chi connectivity index (χ3v) is 1.24. The average Bonchev–Trinajstić information content (AvgIpc) is 2.01. The van der Waals surface area contributed by atoms with Crippen molar-refractivity contribution in [2.45, 2.75) is 13.5 Å². The molecule has 0 spiro atoms. The highest BCUT2D eigenvalue weighted by molar-refractivity contribution is 5.09. The van der Waals surface area contributed by atoms with Crippen molar-refractivity contribution in [3.63, 3.8) is 0 Å². The van der Waals surface area contributed by atoms with Crippen LogP contribution >= 0.6 is 0 Å². The van der Waals surface area contributed by atoms with Crippen molar-refractivity contribution >= 4 is 0 Å². The topological polar surface area (TPSA) is 61.7 Å². The summed E-state index contributed by atoms with van der Waals surface area (Å²) in [7, 11) is 0. The summed E-state index contributed by atoms with van der Waals surface area (Å²) >= 11 is 0. The summed E-state index contributed by atoms with van der Waals surface area (Å²) in [6.07, 6.45) is 0. The molecule has 0 fully saturated rings. The van der Waals surface area contributed by atoms with E-state index in [1.54, 1.807) is 0 Å². The summed E-state index contributed by atoms with van der Waals surface area (Å²) in [5.41, 5.74) is 9.78. The largest absolute Gasteiger partial charge is 0.258 e. The van der Waals surface area contributed by atoms with E-state index < -0.39 is 0 Å². The van der Waals surface area contributed by atoms with Crippen LogP contribution in [0.3, 0.4) is 0 Å². The lowest BCUT2D eigenvalue weighted by Gasteiger charge is -1.94. The molecule has 0 saturated heterocycles. The Morgan fingerprint density at radius 2 is 2.45 bits per heavy atom. The van der Waals surface area contributed by atoms with E-state index in [0.29, 0.717) is 6.54 Å². The minimum atomic E-state index is 0.332. The monoisotopic (exact) mass is 148 g/mol. The molecule has 56 valence electrons. The number of azide groups is 1. The first-order chi connectivity index (χ1) is 5.33. The van der Waals surface area contributed by atoms with E-state index in [1.807, 2.05) is 25.1 Å². The van der Waals surface area contributed by atoms with Gasteiger partial charge in [-0.15, -0.1) is 0 Å². The van der Waals surface area contributed by atoms with E-state index >= 15 is 0 Å². The highest BCUT2D eigenvalue weighted by atomic mass is 15.1. The molecular formula is C7H8N4. The first-order valence-electron chi connectivity index (χ1n) is 3.26. The summed E-state index contributed by atoms with van der Waals surface area (Å²) < 4.78 is 0. The lowest BCUT2D eigenvalue weighted by atomic mass is 10.3. The maximum atomic E-state index is 8.03. The lowest BCUT2D eigenvalue weighted by Crippen LogP contribution is -1.87. The van der Waals surface area contributed by atoms with E-state index in [1.165, 1.54) is 0 Å². The van der Waals surface area contributed by atoms with E-state index in [4.69, 9.17) is 5.53 Å². The van der Waals surface area contributed by atoms with Crippen LogP contribution in [0.1, 0.15) is 11.4 Å². The van der Waals surface area contributed by atoms with E-state index in [2.05, 4.69) is 15.0 Å². The second kappa shape index (κ2) is 3.58. The predicted molar refractivity (Wildman–Crippen MR) is 41.8 cm³/mol. The van der Waals surface area contributed by atoms with Crippen LogP contribution < -0.4 is 0 Å². The Morgan fingerprint density at radius 1 is 1.64 bits per heavy atom. The van der Waals surface area contributed by atoms with Gasteiger partial charge in [0.15, 0.2) is 0 Å². The van der Waals surface area contributed by atoms with Crippen LogP contribution in [0.15, 0.2) is 23.3 Å². The second-order valence-corrected chi connectivity index (χ2v) is 2.16. The van der Waals surface area contributed by atoms with Crippen LogP contribution in [0.5, 0.6) is 0 Å². The van der Waals surface area contributed by atoms with Gasteiger partial charge in [0.2, 0.25) is 0 Å². The Balaban J connectivity index is 2.79. The molecule has 0 radical (unpaired) electrons. The fraction of sp³-hybridized carbons (Fsp3) is 0.286. The third-order valence-electron chi connectivity index (χ3n) is 1.24. The number of hydrogen-bond acceptors (Lipinski definition) is 2. The van der Waals surface area contributed by atoms with Crippen LogP contribution in [0.25, 0.3) is 10.4 Å². The van der Waals surface area contributed by atoms with E-state index in [9.17, 15) is 0 Å². The summed E-state index contributed by atoms with van der Waals surface area (Å²) in [4.78, 5) is 6.79. The van der Waals surface area contributed by atoms with E-state index in [0.717, 1.165) is 11.4 Å². The molecule has 0 aliphatic rings. The molecule has 1 aromatic heterocycles. The number of aryl methyl sites for hydroxylation is 1. The molecule has 0 amide bonds. The Kier molecular flexibility index (Phi) is 2.47. The molecule has 0 aliphatic heterocycles. The number of aromatic nitrogens is 1. The van der Waals surface area contributed by atoms with Gasteiger partial charge in [0.25, 0.3) is 0 Å². The quantitative estimate of drug-likeness (QED) is 0.360. The van der Waals surface area contributed by atoms with Crippen molar-refractivity contribution in [1.29, 1.82) is 0 Å². The fourth-order valence-electron chi connectivity index (χ4n) is 0.792. The van der Waals surface area contributed by atoms with Gasteiger partial charge in [0.05, 0.1) is 6.54 Å². The van der Waals surface area contributed by atoms with Gasteiger partial charge in [-0.3, -0.25) is 4.98 Å². The fourth-order valence-corrected chi connectivity index (χ4v) is 0.792. The van der Waals surface area contributed by atoms with Gasteiger partial charge in [-0.2, -0.15) is 0 Å².